The second-order valence-electron chi connectivity index (χ2n) is 5.58. The van der Waals surface area contributed by atoms with Gasteiger partial charge in [0.15, 0.2) is 0 Å². The van der Waals surface area contributed by atoms with Crippen molar-refractivity contribution in [2.24, 2.45) is 0 Å². The molecule has 0 spiro atoms. The Morgan fingerprint density at radius 1 is 1.39 bits per heavy atom. The van der Waals surface area contributed by atoms with Crippen LogP contribution in [0.3, 0.4) is 0 Å². The third-order valence-corrected chi connectivity index (χ3v) is 3.55. The van der Waals surface area contributed by atoms with Gasteiger partial charge in [-0.1, -0.05) is 13.8 Å². The fourth-order valence-electron chi connectivity index (χ4n) is 2.34. The van der Waals surface area contributed by atoms with Crippen molar-refractivity contribution >= 4 is 0 Å². The van der Waals surface area contributed by atoms with Crippen molar-refractivity contribution in [1.29, 1.82) is 0 Å². The summed E-state index contributed by atoms with van der Waals surface area (Å²) in [6.07, 6.45) is 1.09. The molecule has 4 heteroatoms. The summed E-state index contributed by atoms with van der Waals surface area (Å²) < 4.78 is 27.0. The molecule has 1 aromatic carbocycles. The number of hydrogen-bond donors (Lipinski definition) is 2. The summed E-state index contributed by atoms with van der Waals surface area (Å²) in [6.45, 7) is 6.47. The summed E-state index contributed by atoms with van der Waals surface area (Å²) >= 11 is 0. The number of benzene rings is 1. The minimum absolute atomic E-state index is 0.340. The molecule has 1 fully saturated rings. The van der Waals surface area contributed by atoms with Gasteiger partial charge in [0.1, 0.15) is 11.6 Å². The zero-order chi connectivity index (χ0) is 13.2. The molecule has 1 heterocycles. The van der Waals surface area contributed by atoms with E-state index in [1.54, 1.807) is 0 Å². The molecule has 2 rings (SSSR count). The van der Waals surface area contributed by atoms with Crippen LogP contribution < -0.4 is 10.6 Å². The van der Waals surface area contributed by atoms with Crippen LogP contribution in [0.15, 0.2) is 18.2 Å². The maximum absolute atomic E-state index is 13.8. The number of hydrogen-bond acceptors (Lipinski definition) is 2. The minimum atomic E-state index is -0.422. The first-order valence-electron chi connectivity index (χ1n) is 6.39. The Morgan fingerprint density at radius 2 is 2.17 bits per heavy atom. The smallest absolute Gasteiger partial charge is 0.127 e. The van der Waals surface area contributed by atoms with E-state index in [-0.39, 0.29) is 11.6 Å². The van der Waals surface area contributed by atoms with Crippen LogP contribution in [0.4, 0.5) is 8.78 Å². The van der Waals surface area contributed by atoms with Crippen LogP contribution in [0.25, 0.3) is 0 Å². The van der Waals surface area contributed by atoms with Crippen molar-refractivity contribution in [3.8, 4) is 0 Å². The van der Waals surface area contributed by atoms with Gasteiger partial charge in [0, 0.05) is 24.5 Å². The highest BCUT2D eigenvalue weighted by atomic mass is 19.1. The standard InChI is InChI=1S/C14H20F2N2/c1-14(2,9-18-11-5-6-17-8-11)12-7-10(15)3-4-13(12)16/h3-4,7,11,17-18H,5-6,8-9H2,1-2H3. The van der Waals surface area contributed by atoms with Crippen molar-refractivity contribution in [2.45, 2.75) is 31.7 Å². The lowest BCUT2D eigenvalue weighted by atomic mass is 9.84. The lowest BCUT2D eigenvalue weighted by molar-refractivity contribution is 0.410. The SMILES string of the molecule is CC(C)(CNC1CCNC1)c1cc(F)ccc1F. The van der Waals surface area contributed by atoms with Gasteiger partial charge in [-0.05, 0) is 36.7 Å². The Bertz CT molecular complexity index is 412. The van der Waals surface area contributed by atoms with Crippen LogP contribution >= 0.6 is 0 Å². The maximum Gasteiger partial charge on any atom is 0.127 e. The van der Waals surface area contributed by atoms with Crippen LogP contribution in [0.5, 0.6) is 0 Å². The third kappa shape index (κ3) is 3.06. The molecule has 0 saturated carbocycles. The molecular weight excluding hydrogens is 234 g/mol. The second-order valence-corrected chi connectivity index (χ2v) is 5.58. The zero-order valence-corrected chi connectivity index (χ0v) is 10.9. The molecule has 0 amide bonds. The van der Waals surface area contributed by atoms with Crippen molar-refractivity contribution in [3.05, 3.63) is 35.4 Å². The van der Waals surface area contributed by atoms with E-state index in [9.17, 15) is 8.78 Å². The lowest BCUT2D eigenvalue weighted by Crippen LogP contribution is -2.40. The monoisotopic (exact) mass is 254 g/mol. The van der Waals surface area contributed by atoms with E-state index in [1.807, 2.05) is 13.8 Å². The van der Waals surface area contributed by atoms with Gasteiger partial charge in [0.05, 0.1) is 0 Å². The van der Waals surface area contributed by atoms with E-state index in [4.69, 9.17) is 0 Å². The molecule has 1 aliphatic rings. The first-order valence-corrected chi connectivity index (χ1v) is 6.39. The van der Waals surface area contributed by atoms with Crippen molar-refractivity contribution in [1.82, 2.24) is 10.6 Å². The summed E-state index contributed by atoms with van der Waals surface area (Å²) in [7, 11) is 0. The Kier molecular flexibility index (Phi) is 3.97. The second kappa shape index (κ2) is 5.33. The van der Waals surface area contributed by atoms with Crippen LogP contribution in [-0.2, 0) is 5.41 Å². The highest BCUT2D eigenvalue weighted by Crippen LogP contribution is 2.26. The molecule has 100 valence electrons. The maximum atomic E-state index is 13.8. The molecule has 0 radical (unpaired) electrons. The Labute approximate surface area is 107 Å². The lowest BCUT2D eigenvalue weighted by Gasteiger charge is -2.28. The molecule has 2 N–H and O–H groups in total. The van der Waals surface area contributed by atoms with Gasteiger partial charge in [-0.3, -0.25) is 0 Å². The summed E-state index contributed by atoms with van der Waals surface area (Å²) in [5.74, 6) is -0.727. The molecule has 0 bridgehead atoms. The molecule has 18 heavy (non-hydrogen) atoms. The summed E-state index contributed by atoms with van der Waals surface area (Å²) in [5.41, 5.74) is 0.00959. The third-order valence-electron chi connectivity index (χ3n) is 3.55. The average Bonchev–Trinajstić information content (AvgIpc) is 2.83. The number of halogens is 2. The summed E-state index contributed by atoms with van der Waals surface area (Å²) in [5, 5.41) is 6.69. The van der Waals surface area contributed by atoms with Crippen LogP contribution in [0, 0.1) is 11.6 Å². The average molecular weight is 254 g/mol. The fraction of sp³-hybridized carbons (Fsp3) is 0.571. The first-order chi connectivity index (χ1) is 8.49. The van der Waals surface area contributed by atoms with E-state index in [2.05, 4.69) is 10.6 Å². The van der Waals surface area contributed by atoms with Gasteiger partial charge in [0.25, 0.3) is 0 Å². The largest absolute Gasteiger partial charge is 0.315 e. The van der Waals surface area contributed by atoms with Gasteiger partial charge in [-0.25, -0.2) is 8.78 Å². The molecular formula is C14H20F2N2. The predicted octanol–water partition coefficient (Wildman–Crippen LogP) is 2.19. The van der Waals surface area contributed by atoms with E-state index in [0.29, 0.717) is 18.2 Å². The zero-order valence-electron chi connectivity index (χ0n) is 10.9. The summed E-state index contributed by atoms with van der Waals surface area (Å²) in [4.78, 5) is 0. The van der Waals surface area contributed by atoms with Gasteiger partial charge < -0.3 is 10.6 Å². The van der Waals surface area contributed by atoms with E-state index < -0.39 is 5.41 Å². The Morgan fingerprint density at radius 3 is 2.83 bits per heavy atom. The molecule has 0 aromatic heterocycles. The Balaban J connectivity index is 2.06. The molecule has 2 nitrogen and oxygen atoms in total. The van der Waals surface area contributed by atoms with E-state index >= 15 is 0 Å². The van der Waals surface area contributed by atoms with E-state index in [1.165, 1.54) is 12.1 Å². The van der Waals surface area contributed by atoms with Gasteiger partial charge in [-0.2, -0.15) is 0 Å². The molecule has 1 aliphatic heterocycles. The fourth-order valence-corrected chi connectivity index (χ4v) is 2.34. The number of rotatable bonds is 4. The normalized spacial score (nSPS) is 20.3. The van der Waals surface area contributed by atoms with Gasteiger partial charge >= 0.3 is 0 Å². The van der Waals surface area contributed by atoms with Crippen molar-refractivity contribution < 1.29 is 8.78 Å². The van der Waals surface area contributed by atoms with Crippen LogP contribution in [0.2, 0.25) is 0 Å². The van der Waals surface area contributed by atoms with Gasteiger partial charge in [-0.15, -0.1) is 0 Å². The highest BCUT2D eigenvalue weighted by Gasteiger charge is 2.26. The van der Waals surface area contributed by atoms with Crippen LogP contribution in [0.1, 0.15) is 25.8 Å². The quantitative estimate of drug-likeness (QED) is 0.860. The van der Waals surface area contributed by atoms with Gasteiger partial charge in [0.2, 0.25) is 0 Å². The molecule has 0 aliphatic carbocycles. The minimum Gasteiger partial charge on any atom is -0.315 e. The molecule has 1 atom stereocenters. The first kappa shape index (κ1) is 13.4. The topological polar surface area (TPSA) is 24.1 Å². The van der Waals surface area contributed by atoms with Crippen LogP contribution in [-0.4, -0.2) is 25.7 Å². The number of nitrogens with one attached hydrogen (secondary N) is 2. The van der Waals surface area contributed by atoms with E-state index in [0.717, 1.165) is 25.6 Å². The Hall–Kier alpha value is -1.00. The molecule has 1 saturated heterocycles. The summed E-state index contributed by atoms with van der Waals surface area (Å²) in [6, 6.07) is 4.08. The molecule has 1 unspecified atom stereocenters. The molecule has 1 aromatic rings. The predicted molar refractivity (Wildman–Crippen MR) is 68.7 cm³/mol. The van der Waals surface area contributed by atoms with Crippen molar-refractivity contribution in [2.75, 3.05) is 19.6 Å². The highest BCUT2D eigenvalue weighted by molar-refractivity contribution is 5.26. The van der Waals surface area contributed by atoms with Crippen molar-refractivity contribution in [3.63, 3.8) is 0 Å².